The first-order chi connectivity index (χ1) is 16.0. The van der Waals surface area contributed by atoms with Crippen LogP contribution < -0.4 is 21.5 Å². The molecule has 33 heavy (non-hydrogen) atoms. The minimum Gasteiger partial charge on any atom is -0.388 e. The highest BCUT2D eigenvalue weighted by Gasteiger charge is 2.15. The molecule has 3 atom stereocenters. The Hall–Kier alpha value is -2.02. The van der Waals surface area contributed by atoms with Gasteiger partial charge in [-0.25, -0.2) is 4.79 Å². The summed E-state index contributed by atoms with van der Waals surface area (Å²) < 4.78 is 4.46. The van der Waals surface area contributed by atoms with E-state index in [0.717, 1.165) is 46.8 Å². The Morgan fingerprint density at radius 2 is 1.67 bits per heavy atom. The van der Waals surface area contributed by atoms with Gasteiger partial charge in [0.05, 0.1) is 5.52 Å². The molecule has 1 aromatic carbocycles. The number of rotatable bonds is 16. The summed E-state index contributed by atoms with van der Waals surface area (Å²) in [6.07, 6.45) is 12.0. The first kappa shape index (κ1) is 27.2. The molecular weight excluding hydrogens is 430 g/mol. The lowest BCUT2D eigenvalue weighted by Crippen LogP contribution is -2.44. The molecule has 0 fully saturated rings. The topological polar surface area (TPSA) is 78.1 Å². The lowest BCUT2D eigenvalue weighted by molar-refractivity contribution is 0.235. The Balaban J connectivity index is 1.87. The van der Waals surface area contributed by atoms with Gasteiger partial charge in [-0.1, -0.05) is 72.6 Å². The van der Waals surface area contributed by atoms with E-state index in [2.05, 4.69) is 53.6 Å². The van der Waals surface area contributed by atoms with Gasteiger partial charge in [0.1, 0.15) is 5.00 Å². The van der Waals surface area contributed by atoms with Crippen molar-refractivity contribution in [1.29, 1.82) is 0 Å². The van der Waals surface area contributed by atoms with Gasteiger partial charge in [0.2, 0.25) is 0 Å². The van der Waals surface area contributed by atoms with Gasteiger partial charge in [0.25, 0.3) is 0 Å². The van der Waals surface area contributed by atoms with Crippen molar-refractivity contribution in [2.75, 3.05) is 17.8 Å². The number of nitrogens with one attached hydrogen (secondary N) is 4. The molecule has 0 aliphatic carbocycles. The summed E-state index contributed by atoms with van der Waals surface area (Å²) in [6, 6.07) is 6.06. The van der Waals surface area contributed by atoms with E-state index in [1.807, 2.05) is 25.2 Å². The van der Waals surface area contributed by atoms with Crippen LogP contribution in [0.5, 0.6) is 0 Å². The summed E-state index contributed by atoms with van der Waals surface area (Å²) in [5.41, 5.74) is 7.84. The van der Waals surface area contributed by atoms with E-state index in [1.54, 1.807) is 0 Å². The van der Waals surface area contributed by atoms with Crippen molar-refractivity contribution in [3.05, 3.63) is 18.2 Å². The molecule has 6 nitrogen and oxygen atoms in total. The molecule has 0 saturated carbocycles. The van der Waals surface area contributed by atoms with Crippen molar-refractivity contribution in [1.82, 2.24) is 15.1 Å². The Bertz CT molecular complexity index is 824. The fourth-order valence-electron chi connectivity index (χ4n) is 4.45. The Kier molecular flexibility index (Phi) is 12.4. The zero-order chi connectivity index (χ0) is 24.1. The molecule has 2 amide bonds. The number of carbonyl (C=O) groups excluding carboxylic acids is 1. The normalized spacial score (nSPS) is 14.0. The monoisotopic (exact) mass is 475 g/mol. The van der Waals surface area contributed by atoms with Crippen LogP contribution in [0, 0.1) is 11.8 Å². The van der Waals surface area contributed by atoms with Gasteiger partial charge in [-0.3, -0.25) is 10.9 Å². The van der Waals surface area contributed by atoms with Gasteiger partial charge in [-0.2, -0.15) is 4.37 Å². The van der Waals surface area contributed by atoms with E-state index in [4.69, 9.17) is 0 Å². The number of fused-ring (bicyclic) bond motifs is 1. The molecule has 0 aliphatic rings. The van der Waals surface area contributed by atoms with E-state index in [9.17, 15) is 4.79 Å². The molecule has 2 rings (SSSR count). The Labute approximate surface area is 204 Å². The van der Waals surface area contributed by atoms with Crippen LogP contribution in [0.4, 0.5) is 15.5 Å². The number of hydrazine groups is 1. The van der Waals surface area contributed by atoms with Gasteiger partial charge in [0, 0.05) is 24.2 Å². The molecular formula is C26H45N5OS. The number of carbonyl (C=O) groups is 1. The lowest BCUT2D eigenvalue weighted by Gasteiger charge is -2.21. The number of nitrogens with zero attached hydrogens (tertiary/aromatic N) is 1. The molecule has 1 aromatic heterocycles. The summed E-state index contributed by atoms with van der Waals surface area (Å²) in [5, 5.41) is 8.21. The van der Waals surface area contributed by atoms with E-state index < -0.39 is 0 Å². The highest BCUT2D eigenvalue weighted by molar-refractivity contribution is 7.11. The van der Waals surface area contributed by atoms with E-state index >= 15 is 0 Å². The first-order valence-electron chi connectivity index (χ1n) is 12.9. The van der Waals surface area contributed by atoms with Gasteiger partial charge in [-0.05, 0) is 60.8 Å². The smallest absolute Gasteiger partial charge is 0.333 e. The summed E-state index contributed by atoms with van der Waals surface area (Å²) in [5.74, 6) is 1.51. The molecule has 2 aromatic rings. The Morgan fingerprint density at radius 1 is 0.970 bits per heavy atom. The van der Waals surface area contributed by atoms with E-state index in [-0.39, 0.29) is 12.1 Å². The van der Waals surface area contributed by atoms with Crippen molar-refractivity contribution in [2.24, 2.45) is 11.8 Å². The van der Waals surface area contributed by atoms with Crippen LogP contribution in [-0.2, 0) is 0 Å². The molecule has 7 heteroatoms. The summed E-state index contributed by atoms with van der Waals surface area (Å²) >= 11 is 1.35. The van der Waals surface area contributed by atoms with Crippen LogP contribution in [-0.4, -0.2) is 23.5 Å². The number of aromatic nitrogens is 1. The average molecular weight is 476 g/mol. The van der Waals surface area contributed by atoms with Crippen LogP contribution in [0.3, 0.4) is 0 Å². The number of unbranched alkanes of at least 4 members (excludes halogenated alkanes) is 1. The number of anilines is 2. The van der Waals surface area contributed by atoms with Gasteiger partial charge in [0.15, 0.2) is 0 Å². The molecule has 3 unspecified atom stereocenters. The maximum absolute atomic E-state index is 12.7. The molecule has 0 radical (unpaired) electrons. The first-order valence-corrected chi connectivity index (χ1v) is 13.6. The third-order valence-electron chi connectivity index (χ3n) is 6.46. The number of hydrogen-bond donors (Lipinski definition) is 4. The standard InChI is InChI=1S/C26H45N5OS/c1-6-10-19(3)12-8-9-13-21(15-14-20(4)11-7-2)28-26(32)30-29-25-23-18-22(27-5)16-17-24(23)31-33-25/h16-21,27,29H,6-15H2,1-5H3,(H2,28,30,32). The van der Waals surface area contributed by atoms with Crippen LogP contribution in [0.15, 0.2) is 18.2 Å². The number of hydrogen-bond acceptors (Lipinski definition) is 5. The number of benzene rings is 1. The van der Waals surface area contributed by atoms with Gasteiger partial charge >= 0.3 is 6.03 Å². The minimum atomic E-state index is -0.172. The second-order valence-electron chi connectivity index (χ2n) is 9.56. The van der Waals surface area contributed by atoms with E-state index in [1.165, 1.54) is 56.5 Å². The minimum absolute atomic E-state index is 0.172. The molecule has 186 valence electrons. The van der Waals surface area contributed by atoms with Crippen molar-refractivity contribution in [3.63, 3.8) is 0 Å². The predicted octanol–water partition coefficient (Wildman–Crippen LogP) is 7.55. The number of amides is 2. The zero-order valence-corrected chi connectivity index (χ0v) is 22.1. The third kappa shape index (κ3) is 9.78. The Morgan fingerprint density at radius 3 is 2.36 bits per heavy atom. The summed E-state index contributed by atoms with van der Waals surface area (Å²) in [4.78, 5) is 12.7. The fourth-order valence-corrected chi connectivity index (χ4v) is 5.16. The van der Waals surface area contributed by atoms with Gasteiger partial charge in [-0.15, -0.1) is 0 Å². The second kappa shape index (κ2) is 15.0. The van der Waals surface area contributed by atoms with Crippen molar-refractivity contribution in [3.8, 4) is 0 Å². The zero-order valence-electron chi connectivity index (χ0n) is 21.3. The SMILES string of the molecule is CCCC(C)CCCCC(CCC(C)CCC)NC(=O)NNc1snc2ccc(NC)cc12. The molecule has 1 heterocycles. The summed E-state index contributed by atoms with van der Waals surface area (Å²) in [6.45, 7) is 9.18. The molecule has 0 saturated heterocycles. The highest BCUT2D eigenvalue weighted by Crippen LogP contribution is 2.29. The van der Waals surface area contributed by atoms with Crippen LogP contribution in [0.2, 0.25) is 0 Å². The van der Waals surface area contributed by atoms with Gasteiger partial charge < -0.3 is 10.6 Å². The maximum atomic E-state index is 12.7. The van der Waals surface area contributed by atoms with Crippen LogP contribution in [0.25, 0.3) is 10.9 Å². The third-order valence-corrected chi connectivity index (χ3v) is 7.25. The van der Waals surface area contributed by atoms with E-state index in [0.29, 0.717) is 5.92 Å². The molecule has 0 aliphatic heterocycles. The van der Waals surface area contributed by atoms with Crippen molar-refractivity contribution in [2.45, 2.75) is 97.9 Å². The van der Waals surface area contributed by atoms with Crippen molar-refractivity contribution < 1.29 is 4.79 Å². The molecule has 4 N–H and O–H groups in total. The molecule has 0 bridgehead atoms. The average Bonchev–Trinajstić information content (AvgIpc) is 3.21. The van der Waals surface area contributed by atoms with Crippen molar-refractivity contribution >= 4 is 39.2 Å². The quantitative estimate of drug-likeness (QED) is 0.149. The largest absolute Gasteiger partial charge is 0.388 e. The molecule has 0 spiro atoms. The lowest BCUT2D eigenvalue weighted by atomic mass is 9.93. The fraction of sp³-hybridized carbons (Fsp3) is 0.692. The highest BCUT2D eigenvalue weighted by atomic mass is 32.1. The predicted molar refractivity (Wildman–Crippen MR) is 144 cm³/mol. The second-order valence-corrected chi connectivity index (χ2v) is 10.3. The maximum Gasteiger partial charge on any atom is 0.333 e. The van der Waals surface area contributed by atoms with Crippen LogP contribution >= 0.6 is 11.5 Å². The van der Waals surface area contributed by atoms with Crippen LogP contribution in [0.1, 0.15) is 91.9 Å². The summed E-state index contributed by atoms with van der Waals surface area (Å²) in [7, 11) is 1.89. The number of urea groups is 1.